The van der Waals surface area contributed by atoms with Crippen LogP contribution in [-0.4, -0.2) is 47.9 Å². The molecule has 0 bridgehead atoms. The van der Waals surface area contributed by atoms with E-state index >= 15 is 0 Å². The molecule has 1 fully saturated rings. The van der Waals surface area contributed by atoms with Gasteiger partial charge in [0.1, 0.15) is 5.82 Å². The summed E-state index contributed by atoms with van der Waals surface area (Å²) in [6.45, 7) is 6.07. The predicted octanol–water partition coefficient (Wildman–Crippen LogP) is 3.62. The van der Waals surface area contributed by atoms with Crippen LogP contribution in [0.15, 0.2) is 48.5 Å². The fraction of sp³-hybridized carbons (Fsp3) is 0.350. The molecule has 2 aromatic rings. The number of benzene rings is 2. The van der Waals surface area contributed by atoms with Crippen LogP contribution in [-0.2, 0) is 11.3 Å². The SMILES string of the molecule is C[C@@H](C(=O)Nc1ccccc1F)N1CCN(Cc2cccc(Cl)c2)CC1. The average molecular weight is 376 g/mol. The van der Waals surface area contributed by atoms with Gasteiger partial charge < -0.3 is 5.32 Å². The Bertz CT molecular complexity index is 762. The second-order valence-corrected chi connectivity index (χ2v) is 7.02. The lowest BCUT2D eigenvalue weighted by Crippen LogP contribution is -2.52. The Balaban J connectivity index is 1.51. The van der Waals surface area contributed by atoms with Gasteiger partial charge >= 0.3 is 0 Å². The molecule has 0 unspecified atom stereocenters. The van der Waals surface area contributed by atoms with E-state index in [9.17, 15) is 9.18 Å². The highest BCUT2D eigenvalue weighted by Crippen LogP contribution is 2.16. The molecule has 0 aliphatic carbocycles. The summed E-state index contributed by atoms with van der Waals surface area (Å²) in [6, 6.07) is 13.8. The summed E-state index contributed by atoms with van der Waals surface area (Å²) in [6.07, 6.45) is 0. The lowest BCUT2D eigenvalue weighted by molar-refractivity contribution is -0.121. The quantitative estimate of drug-likeness (QED) is 0.866. The summed E-state index contributed by atoms with van der Waals surface area (Å²) >= 11 is 6.04. The number of carbonyl (C=O) groups is 1. The first kappa shape index (κ1) is 18.8. The van der Waals surface area contributed by atoms with Gasteiger partial charge in [-0.1, -0.05) is 35.9 Å². The van der Waals surface area contributed by atoms with E-state index in [1.807, 2.05) is 25.1 Å². The van der Waals surface area contributed by atoms with Crippen LogP contribution in [0.25, 0.3) is 0 Å². The molecule has 0 saturated carbocycles. The van der Waals surface area contributed by atoms with E-state index in [2.05, 4.69) is 21.2 Å². The Morgan fingerprint density at radius 2 is 1.88 bits per heavy atom. The highest BCUT2D eigenvalue weighted by molar-refractivity contribution is 6.30. The molecule has 6 heteroatoms. The van der Waals surface area contributed by atoms with Gasteiger partial charge in [0.2, 0.25) is 5.91 Å². The summed E-state index contributed by atoms with van der Waals surface area (Å²) in [5.41, 5.74) is 1.42. The van der Waals surface area contributed by atoms with Crippen molar-refractivity contribution in [1.29, 1.82) is 0 Å². The molecule has 1 saturated heterocycles. The van der Waals surface area contributed by atoms with Crippen LogP contribution in [0, 0.1) is 5.82 Å². The maximum Gasteiger partial charge on any atom is 0.241 e. The third kappa shape index (κ3) is 4.81. The van der Waals surface area contributed by atoms with Crippen LogP contribution < -0.4 is 5.32 Å². The van der Waals surface area contributed by atoms with Crippen molar-refractivity contribution in [3.63, 3.8) is 0 Å². The molecule has 0 radical (unpaired) electrons. The molecule has 1 heterocycles. The highest BCUT2D eigenvalue weighted by Gasteiger charge is 2.26. The largest absolute Gasteiger partial charge is 0.322 e. The van der Waals surface area contributed by atoms with E-state index in [1.165, 1.54) is 11.6 Å². The number of carbonyl (C=O) groups excluding carboxylic acids is 1. The van der Waals surface area contributed by atoms with Gasteiger partial charge in [-0.15, -0.1) is 0 Å². The molecule has 3 rings (SSSR count). The van der Waals surface area contributed by atoms with Gasteiger partial charge in [-0.25, -0.2) is 4.39 Å². The number of hydrogen-bond donors (Lipinski definition) is 1. The maximum atomic E-state index is 13.7. The topological polar surface area (TPSA) is 35.6 Å². The first-order valence-corrected chi connectivity index (χ1v) is 9.17. The molecule has 1 aliphatic heterocycles. The van der Waals surface area contributed by atoms with Crippen molar-refractivity contribution in [2.45, 2.75) is 19.5 Å². The minimum atomic E-state index is -0.417. The average Bonchev–Trinajstić information content (AvgIpc) is 2.64. The molecule has 4 nitrogen and oxygen atoms in total. The van der Waals surface area contributed by atoms with Crippen molar-refractivity contribution >= 4 is 23.2 Å². The zero-order valence-corrected chi connectivity index (χ0v) is 15.5. The van der Waals surface area contributed by atoms with Crippen molar-refractivity contribution < 1.29 is 9.18 Å². The number of anilines is 1. The van der Waals surface area contributed by atoms with E-state index in [0.29, 0.717) is 0 Å². The molecular weight excluding hydrogens is 353 g/mol. The fourth-order valence-electron chi connectivity index (χ4n) is 3.17. The van der Waals surface area contributed by atoms with E-state index in [-0.39, 0.29) is 17.6 Å². The predicted molar refractivity (Wildman–Crippen MR) is 103 cm³/mol. The van der Waals surface area contributed by atoms with E-state index in [0.717, 1.165) is 37.7 Å². The summed E-state index contributed by atoms with van der Waals surface area (Å²) in [4.78, 5) is 16.9. The first-order chi connectivity index (χ1) is 12.5. The van der Waals surface area contributed by atoms with Gasteiger partial charge in [-0.05, 0) is 36.8 Å². The van der Waals surface area contributed by atoms with Crippen LogP contribution in [0.5, 0.6) is 0 Å². The van der Waals surface area contributed by atoms with Gasteiger partial charge in [-0.2, -0.15) is 0 Å². The Hall–Kier alpha value is -1.95. The van der Waals surface area contributed by atoms with Crippen molar-refractivity contribution in [2.75, 3.05) is 31.5 Å². The molecular formula is C20H23ClFN3O. The van der Waals surface area contributed by atoms with Crippen molar-refractivity contribution in [3.8, 4) is 0 Å². The Labute approximate surface area is 158 Å². The van der Waals surface area contributed by atoms with Gasteiger partial charge in [0, 0.05) is 37.7 Å². The summed E-state index contributed by atoms with van der Waals surface area (Å²) in [5.74, 6) is -0.599. The monoisotopic (exact) mass is 375 g/mol. The minimum Gasteiger partial charge on any atom is -0.322 e. The van der Waals surface area contributed by atoms with Gasteiger partial charge in [-0.3, -0.25) is 14.6 Å². The molecule has 26 heavy (non-hydrogen) atoms. The maximum absolute atomic E-state index is 13.7. The second kappa shape index (κ2) is 8.62. The van der Waals surface area contributed by atoms with Crippen LogP contribution >= 0.6 is 11.6 Å². The number of nitrogens with one attached hydrogen (secondary N) is 1. The third-order valence-electron chi connectivity index (χ3n) is 4.76. The molecule has 1 N–H and O–H groups in total. The lowest BCUT2D eigenvalue weighted by atomic mass is 10.1. The van der Waals surface area contributed by atoms with Crippen LogP contribution in [0.1, 0.15) is 12.5 Å². The van der Waals surface area contributed by atoms with Crippen molar-refractivity contribution in [2.24, 2.45) is 0 Å². The summed E-state index contributed by atoms with van der Waals surface area (Å²) in [5, 5.41) is 3.43. The fourth-order valence-corrected chi connectivity index (χ4v) is 3.38. The Kier molecular flexibility index (Phi) is 6.25. The molecule has 138 valence electrons. The highest BCUT2D eigenvalue weighted by atomic mass is 35.5. The lowest BCUT2D eigenvalue weighted by Gasteiger charge is -2.37. The molecule has 1 atom stereocenters. The smallest absolute Gasteiger partial charge is 0.241 e. The van der Waals surface area contributed by atoms with Gasteiger partial charge in [0.25, 0.3) is 0 Å². The number of halogens is 2. The number of nitrogens with zero attached hydrogens (tertiary/aromatic N) is 2. The summed E-state index contributed by atoms with van der Waals surface area (Å²) in [7, 11) is 0. The molecule has 0 spiro atoms. The van der Waals surface area contributed by atoms with Crippen LogP contribution in [0.2, 0.25) is 5.02 Å². The van der Waals surface area contributed by atoms with Crippen LogP contribution in [0.4, 0.5) is 10.1 Å². The number of amides is 1. The number of piperazine rings is 1. The van der Waals surface area contributed by atoms with E-state index in [4.69, 9.17) is 11.6 Å². The Morgan fingerprint density at radius 3 is 2.58 bits per heavy atom. The molecule has 1 aliphatic rings. The van der Waals surface area contributed by atoms with E-state index in [1.54, 1.807) is 18.2 Å². The van der Waals surface area contributed by atoms with Gasteiger partial charge in [0.15, 0.2) is 0 Å². The second-order valence-electron chi connectivity index (χ2n) is 6.59. The third-order valence-corrected chi connectivity index (χ3v) is 5.00. The number of para-hydroxylation sites is 1. The normalized spacial score (nSPS) is 17.0. The van der Waals surface area contributed by atoms with E-state index < -0.39 is 5.82 Å². The zero-order valence-electron chi connectivity index (χ0n) is 14.8. The molecule has 1 amide bonds. The zero-order chi connectivity index (χ0) is 18.5. The molecule has 2 aromatic carbocycles. The van der Waals surface area contributed by atoms with Crippen LogP contribution in [0.3, 0.4) is 0 Å². The minimum absolute atomic E-state index is 0.182. The first-order valence-electron chi connectivity index (χ1n) is 8.79. The summed E-state index contributed by atoms with van der Waals surface area (Å²) < 4.78 is 13.7. The van der Waals surface area contributed by atoms with Gasteiger partial charge in [0.05, 0.1) is 11.7 Å². The van der Waals surface area contributed by atoms with Crippen molar-refractivity contribution in [3.05, 3.63) is 64.9 Å². The Morgan fingerprint density at radius 1 is 1.15 bits per heavy atom. The van der Waals surface area contributed by atoms with Crippen molar-refractivity contribution in [1.82, 2.24) is 9.80 Å². The number of rotatable bonds is 5. The standard InChI is InChI=1S/C20H23ClFN3O/c1-15(20(26)23-19-8-3-2-7-18(19)22)25-11-9-24(10-12-25)14-16-5-4-6-17(21)13-16/h2-8,13,15H,9-12,14H2,1H3,(H,23,26)/t15-/m0/s1. The number of hydrogen-bond acceptors (Lipinski definition) is 3. The molecule has 0 aromatic heterocycles.